The molecule has 4 nitrogen and oxygen atoms in total. The summed E-state index contributed by atoms with van der Waals surface area (Å²) in [6.07, 6.45) is 0.905. The van der Waals surface area contributed by atoms with Crippen molar-refractivity contribution in [3.8, 4) is 0 Å². The van der Waals surface area contributed by atoms with E-state index in [1.54, 1.807) is 7.05 Å². The number of nitrogens with one attached hydrogen (secondary N) is 2. The van der Waals surface area contributed by atoms with E-state index in [0.29, 0.717) is 25.0 Å². The summed E-state index contributed by atoms with van der Waals surface area (Å²) in [4.78, 5) is 4.09. The molecule has 7 heteroatoms. The number of aliphatic imine (C=N–C) groups is 1. The van der Waals surface area contributed by atoms with Gasteiger partial charge < -0.3 is 15.4 Å². The van der Waals surface area contributed by atoms with Gasteiger partial charge in [0.25, 0.3) is 0 Å². The minimum absolute atomic E-state index is 0.0789. The van der Waals surface area contributed by atoms with Crippen LogP contribution < -0.4 is 10.6 Å². The molecule has 0 aliphatic carbocycles. The zero-order valence-electron chi connectivity index (χ0n) is 13.2. The van der Waals surface area contributed by atoms with Crippen molar-refractivity contribution in [2.75, 3.05) is 26.8 Å². The molecule has 1 unspecified atom stereocenters. The highest BCUT2D eigenvalue weighted by Crippen LogP contribution is 2.14. The van der Waals surface area contributed by atoms with Crippen LogP contribution in [-0.2, 0) is 4.74 Å². The highest BCUT2D eigenvalue weighted by Gasteiger charge is 2.27. The van der Waals surface area contributed by atoms with Crippen LogP contribution in [-0.4, -0.2) is 45.0 Å². The highest BCUT2D eigenvalue weighted by atomic mass is 19.4. The second-order valence-electron chi connectivity index (χ2n) is 5.06. The van der Waals surface area contributed by atoms with Crippen molar-refractivity contribution in [1.82, 2.24) is 10.6 Å². The topological polar surface area (TPSA) is 45.7 Å². The number of hydrogen-bond donors (Lipinski definition) is 2. The van der Waals surface area contributed by atoms with Crippen LogP contribution in [0, 0.1) is 0 Å². The Kier molecular flexibility index (Phi) is 11.1. The summed E-state index contributed by atoms with van der Waals surface area (Å²) < 4.78 is 40.1. The summed E-state index contributed by atoms with van der Waals surface area (Å²) in [6.45, 7) is 3.68. The quantitative estimate of drug-likeness (QED) is 0.370. The van der Waals surface area contributed by atoms with E-state index in [9.17, 15) is 13.2 Å². The lowest BCUT2D eigenvalue weighted by Crippen LogP contribution is -2.42. The van der Waals surface area contributed by atoms with Gasteiger partial charge in [-0.2, -0.15) is 13.2 Å². The lowest BCUT2D eigenvalue weighted by atomic mass is 10.1. The maximum absolute atomic E-state index is 11.8. The summed E-state index contributed by atoms with van der Waals surface area (Å²) in [6, 6.07) is 0.323. The molecule has 126 valence electrons. The van der Waals surface area contributed by atoms with Gasteiger partial charge in [-0.05, 0) is 19.8 Å². The van der Waals surface area contributed by atoms with Crippen molar-refractivity contribution in [3.05, 3.63) is 0 Å². The van der Waals surface area contributed by atoms with Gasteiger partial charge in [0.1, 0.15) is 6.61 Å². The van der Waals surface area contributed by atoms with Crippen molar-refractivity contribution >= 4 is 5.96 Å². The van der Waals surface area contributed by atoms with Crippen LogP contribution in [0.2, 0.25) is 0 Å². The molecule has 0 fully saturated rings. The van der Waals surface area contributed by atoms with E-state index in [4.69, 9.17) is 0 Å². The fourth-order valence-electron chi connectivity index (χ4n) is 1.77. The van der Waals surface area contributed by atoms with Crippen molar-refractivity contribution < 1.29 is 17.9 Å². The predicted molar refractivity (Wildman–Crippen MR) is 79.6 cm³/mol. The van der Waals surface area contributed by atoms with E-state index >= 15 is 0 Å². The summed E-state index contributed by atoms with van der Waals surface area (Å²) in [7, 11) is 1.67. The van der Waals surface area contributed by atoms with E-state index in [0.717, 1.165) is 6.42 Å². The van der Waals surface area contributed by atoms with E-state index in [1.165, 1.54) is 19.3 Å². The minimum atomic E-state index is -4.25. The highest BCUT2D eigenvalue weighted by molar-refractivity contribution is 5.79. The van der Waals surface area contributed by atoms with Gasteiger partial charge in [-0.15, -0.1) is 0 Å². The van der Waals surface area contributed by atoms with Crippen molar-refractivity contribution in [3.63, 3.8) is 0 Å². The first-order chi connectivity index (χ1) is 9.89. The number of ether oxygens (including phenoxy) is 1. The molecule has 0 aliphatic heterocycles. The van der Waals surface area contributed by atoms with Crippen LogP contribution in [0.3, 0.4) is 0 Å². The normalized spacial score (nSPS) is 14.1. The van der Waals surface area contributed by atoms with E-state index in [-0.39, 0.29) is 6.61 Å². The maximum atomic E-state index is 11.8. The third-order valence-electron chi connectivity index (χ3n) is 2.87. The van der Waals surface area contributed by atoms with Gasteiger partial charge >= 0.3 is 6.18 Å². The molecule has 2 N–H and O–H groups in total. The lowest BCUT2D eigenvalue weighted by Gasteiger charge is -2.17. The fourth-order valence-corrected chi connectivity index (χ4v) is 1.77. The Morgan fingerprint density at radius 3 is 2.52 bits per heavy atom. The van der Waals surface area contributed by atoms with Crippen molar-refractivity contribution in [2.24, 2.45) is 4.99 Å². The van der Waals surface area contributed by atoms with Gasteiger partial charge in [0.05, 0.1) is 0 Å². The Labute approximate surface area is 125 Å². The summed E-state index contributed by atoms with van der Waals surface area (Å²) >= 11 is 0. The second-order valence-corrected chi connectivity index (χ2v) is 5.06. The summed E-state index contributed by atoms with van der Waals surface area (Å²) in [5, 5.41) is 6.32. The number of halogens is 3. The molecule has 21 heavy (non-hydrogen) atoms. The summed E-state index contributed by atoms with van der Waals surface area (Å²) in [5.74, 6) is 0.676. The van der Waals surface area contributed by atoms with Crippen molar-refractivity contribution in [1.29, 1.82) is 0 Å². The molecule has 0 heterocycles. The van der Waals surface area contributed by atoms with Gasteiger partial charge in [0, 0.05) is 26.2 Å². The van der Waals surface area contributed by atoms with Crippen LogP contribution in [0.25, 0.3) is 0 Å². The first-order valence-electron chi connectivity index (χ1n) is 7.50. The third-order valence-corrected chi connectivity index (χ3v) is 2.87. The standard InChI is InChI=1S/C14H28F3N3O/c1-4-5-6-8-12(2)20-13(18-3)19-9-7-10-21-11-14(15,16)17/h12H,4-11H2,1-3H3,(H2,18,19,20). The Balaban J connectivity index is 3.66. The molecule has 0 amide bonds. The van der Waals surface area contributed by atoms with E-state index < -0.39 is 12.8 Å². The molecular weight excluding hydrogens is 283 g/mol. The Hall–Kier alpha value is -0.980. The Morgan fingerprint density at radius 2 is 1.95 bits per heavy atom. The first kappa shape index (κ1) is 20.0. The molecule has 0 aromatic rings. The van der Waals surface area contributed by atoms with Gasteiger partial charge in [-0.1, -0.05) is 26.2 Å². The zero-order valence-corrected chi connectivity index (χ0v) is 13.2. The fraction of sp³-hybridized carbons (Fsp3) is 0.929. The molecule has 0 aliphatic rings. The number of rotatable bonds is 10. The van der Waals surface area contributed by atoms with Crippen LogP contribution in [0.5, 0.6) is 0 Å². The molecule has 1 atom stereocenters. The number of hydrogen-bond acceptors (Lipinski definition) is 2. The smallest absolute Gasteiger partial charge is 0.372 e. The zero-order chi connectivity index (χ0) is 16.1. The number of alkyl halides is 3. The first-order valence-corrected chi connectivity index (χ1v) is 7.50. The lowest BCUT2D eigenvalue weighted by molar-refractivity contribution is -0.173. The molecule has 0 saturated carbocycles. The Morgan fingerprint density at radius 1 is 1.24 bits per heavy atom. The number of guanidine groups is 1. The molecule has 0 aromatic heterocycles. The average Bonchev–Trinajstić information content (AvgIpc) is 2.40. The van der Waals surface area contributed by atoms with Gasteiger partial charge in [0.15, 0.2) is 5.96 Å². The van der Waals surface area contributed by atoms with Gasteiger partial charge in [-0.3, -0.25) is 4.99 Å². The molecule has 0 aromatic carbocycles. The van der Waals surface area contributed by atoms with Gasteiger partial charge in [-0.25, -0.2) is 0 Å². The van der Waals surface area contributed by atoms with Crippen LogP contribution in [0.1, 0.15) is 46.0 Å². The SMILES string of the molecule is CCCCCC(C)NC(=NC)NCCCOCC(F)(F)F. The van der Waals surface area contributed by atoms with E-state index in [1.807, 2.05) is 0 Å². The van der Waals surface area contributed by atoms with E-state index in [2.05, 4.69) is 34.2 Å². The second kappa shape index (κ2) is 11.7. The molecule has 0 spiro atoms. The molecule has 0 bridgehead atoms. The molecular formula is C14H28F3N3O. The number of unbranched alkanes of at least 4 members (excludes halogenated alkanes) is 2. The monoisotopic (exact) mass is 311 g/mol. The van der Waals surface area contributed by atoms with Crippen LogP contribution in [0.15, 0.2) is 4.99 Å². The average molecular weight is 311 g/mol. The molecule has 0 radical (unpaired) electrons. The predicted octanol–water partition coefficient (Wildman–Crippen LogP) is 3.09. The Bertz CT molecular complexity index is 283. The largest absolute Gasteiger partial charge is 0.411 e. The molecule has 0 rings (SSSR count). The van der Waals surface area contributed by atoms with Crippen LogP contribution >= 0.6 is 0 Å². The van der Waals surface area contributed by atoms with Gasteiger partial charge in [0.2, 0.25) is 0 Å². The maximum Gasteiger partial charge on any atom is 0.411 e. The van der Waals surface area contributed by atoms with Crippen molar-refractivity contribution in [2.45, 2.75) is 58.2 Å². The summed E-state index contributed by atoms with van der Waals surface area (Å²) in [5.41, 5.74) is 0. The third kappa shape index (κ3) is 13.7. The minimum Gasteiger partial charge on any atom is -0.372 e. The van der Waals surface area contributed by atoms with Crippen LogP contribution in [0.4, 0.5) is 13.2 Å². The molecule has 0 saturated heterocycles. The number of nitrogens with zero attached hydrogens (tertiary/aromatic N) is 1.